The molecule has 0 N–H and O–H groups in total. The molecule has 158 valence electrons. The van der Waals surface area contributed by atoms with Crippen molar-refractivity contribution in [3.63, 3.8) is 0 Å². The van der Waals surface area contributed by atoms with Gasteiger partial charge in [0.15, 0.2) is 0 Å². The van der Waals surface area contributed by atoms with Gasteiger partial charge < -0.3 is 4.90 Å². The van der Waals surface area contributed by atoms with Crippen molar-refractivity contribution in [1.82, 2.24) is 0 Å². The van der Waals surface area contributed by atoms with Gasteiger partial charge in [-0.3, -0.25) is 14.9 Å². The zero-order valence-electron chi connectivity index (χ0n) is 17.6. The molecule has 0 spiro atoms. The number of non-ortho nitro benzene ring substituents is 1. The van der Waals surface area contributed by atoms with Gasteiger partial charge in [-0.05, 0) is 61.7 Å². The number of benzene rings is 3. The molecule has 0 saturated heterocycles. The van der Waals surface area contributed by atoms with Crippen molar-refractivity contribution in [1.29, 1.82) is 0 Å². The molecule has 4 rings (SSSR count). The van der Waals surface area contributed by atoms with E-state index in [2.05, 4.69) is 26.8 Å². The normalized spacial score (nSPS) is 19.5. The number of fused-ring (bicyclic) bond motifs is 1. The quantitative estimate of drug-likeness (QED) is 0.354. The van der Waals surface area contributed by atoms with Gasteiger partial charge in [-0.25, -0.2) is 0 Å². The van der Waals surface area contributed by atoms with E-state index in [4.69, 9.17) is 11.6 Å². The fourth-order valence-electron chi connectivity index (χ4n) is 4.82. The van der Waals surface area contributed by atoms with Crippen LogP contribution in [-0.2, 0) is 5.41 Å². The summed E-state index contributed by atoms with van der Waals surface area (Å²) in [5.41, 5.74) is 2.62. The van der Waals surface area contributed by atoms with Gasteiger partial charge in [-0.1, -0.05) is 48.9 Å². The number of anilines is 1. The average molecular weight is 435 g/mol. The molecule has 1 atom stereocenters. The van der Waals surface area contributed by atoms with Crippen molar-refractivity contribution in [3.05, 3.63) is 105 Å². The average Bonchev–Trinajstić information content (AvgIpc) is 2.73. The van der Waals surface area contributed by atoms with Crippen LogP contribution in [0.5, 0.6) is 0 Å². The number of hydrogen-bond acceptors (Lipinski definition) is 3. The monoisotopic (exact) mass is 434 g/mol. The molecule has 3 aromatic carbocycles. The zero-order chi connectivity index (χ0) is 22.4. The van der Waals surface area contributed by atoms with Crippen LogP contribution < -0.4 is 4.90 Å². The first kappa shape index (κ1) is 21.1. The van der Waals surface area contributed by atoms with Crippen LogP contribution in [0.15, 0.2) is 72.8 Å². The van der Waals surface area contributed by atoms with Crippen LogP contribution in [-0.4, -0.2) is 16.4 Å². The van der Waals surface area contributed by atoms with Gasteiger partial charge in [0.2, 0.25) is 0 Å². The fourth-order valence-corrected chi connectivity index (χ4v) is 4.94. The maximum absolute atomic E-state index is 13.6. The van der Waals surface area contributed by atoms with Gasteiger partial charge in [-0.2, -0.15) is 0 Å². The van der Waals surface area contributed by atoms with Crippen LogP contribution in [0.1, 0.15) is 48.7 Å². The third-order valence-electron chi connectivity index (χ3n) is 6.14. The van der Waals surface area contributed by atoms with Gasteiger partial charge in [-0.15, -0.1) is 0 Å². The van der Waals surface area contributed by atoms with Crippen LogP contribution in [0.2, 0.25) is 5.02 Å². The highest BCUT2D eigenvalue weighted by Crippen LogP contribution is 2.50. The summed E-state index contributed by atoms with van der Waals surface area (Å²) in [7, 11) is 0. The number of carbonyl (C=O) groups is 1. The SMILES string of the molecule is CC1(c2ccc(Cl)cc2)CC(C)(C)N(C(=O)c2ccc([N+](=O)[O-])cc2)c2ccccc21. The second-order valence-electron chi connectivity index (χ2n) is 8.79. The first-order chi connectivity index (χ1) is 14.6. The largest absolute Gasteiger partial charge is 0.302 e. The summed E-state index contributed by atoms with van der Waals surface area (Å²) >= 11 is 6.12. The Morgan fingerprint density at radius 2 is 1.58 bits per heavy atom. The molecule has 1 aliphatic rings. The minimum absolute atomic E-state index is 0.0369. The predicted molar refractivity (Wildman–Crippen MR) is 123 cm³/mol. The lowest BCUT2D eigenvalue weighted by atomic mass is 9.65. The molecule has 1 aliphatic heterocycles. The zero-order valence-corrected chi connectivity index (χ0v) is 18.4. The molecule has 0 saturated carbocycles. The van der Waals surface area contributed by atoms with Crippen molar-refractivity contribution in [2.24, 2.45) is 0 Å². The van der Waals surface area contributed by atoms with E-state index < -0.39 is 10.5 Å². The van der Waals surface area contributed by atoms with Crippen molar-refractivity contribution in [2.75, 3.05) is 4.90 Å². The Kier molecular flexibility index (Phi) is 5.10. The Bertz CT molecular complexity index is 1160. The summed E-state index contributed by atoms with van der Waals surface area (Å²) < 4.78 is 0. The number of carbonyl (C=O) groups excluding carboxylic acids is 1. The second-order valence-corrected chi connectivity index (χ2v) is 9.23. The van der Waals surface area contributed by atoms with Gasteiger partial charge >= 0.3 is 0 Å². The topological polar surface area (TPSA) is 63.5 Å². The van der Waals surface area contributed by atoms with E-state index in [1.165, 1.54) is 24.3 Å². The Morgan fingerprint density at radius 1 is 0.968 bits per heavy atom. The molecule has 1 amide bonds. The molecule has 0 fully saturated rings. The molecule has 0 radical (unpaired) electrons. The molecular formula is C25H23ClN2O3. The molecule has 5 nitrogen and oxygen atoms in total. The third kappa shape index (κ3) is 3.59. The molecule has 0 bridgehead atoms. The van der Waals surface area contributed by atoms with Gasteiger partial charge in [0.25, 0.3) is 11.6 Å². The predicted octanol–water partition coefficient (Wildman–Crippen LogP) is 6.38. The number of hydrogen-bond donors (Lipinski definition) is 0. The third-order valence-corrected chi connectivity index (χ3v) is 6.39. The minimum Gasteiger partial charge on any atom is -0.302 e. The molecule has 0 aromatic heterocycles. The van der Waals surface area contributed by atoms with Gasteiger partial charge in [0.1, 0.15) is 0 Å². The lowest BCUT2D eigenvalue weighted by Gasteiger charge is -2.51. The summed E-state index contributed by atoms with van der Waals surface area (Å²) in [4.78, 5) is 25.9. The van der Waals surface area contributed by atoms with E-state index >= 15 is 0 Å². The van der Waals surface area contributed by atoms with E-state index in [9.17, 15) is 14.9 Å². The Hall–Kier alpha value is -3.18. The van der Waals surface area contributed by atoms with Crippen LogP contribution >= 0.6 is 11.6 Å². The van der Waals surface area contributed by atoms with Crippen LogP contribution in [0.3, 0.4) is 0 Å². The van der Waals surface area contributed by atoms with Crippen LogP contribution in [0.25, 0.3) is 0 Å². The van der Waals surface area contributed by atoms with Gasteiger partial charge in [0, 0.05) is 39.4 Å². The molecule has 31 heavy (non-hydrogen) atoms. The number of halogens is 1. The Morgan fingerprint density at radius 3 is 2.19 bits per heavy atom. The molecule has 0 aliphatic carbocycles. The van der Waals surface area contributed by atoms with Crippen molar-refractivity contribution in [3.8, 4) is 0 Å². The lowest BCUT2D eigenvalue weighted by Crippen LogP contribution is -2.55. The molecule has 1 unspecified atom stereocenters. The standard InChI is InChI=1S/C25H23ClN2O3/c1-24(2)16-25(3,18-10-12-19(26)13-11-18)21-6-4-5-7-22(21)27(24)23(29)17-8-14-20(15-9-17)28(30)31/h4-15H,16H2,1-3H3. The molecule has 1 heterocycles. The van der Waals surface area contributed by atoms with E-state index in [1.807, 2.05) is 47.4 Å². The van der Waals surface area contributed by atoms with Crippen LogP contribution in [0, 0.1) is 10.1 Å². The minimum atomic E-state index is -0.498. The highest BCUT2D eigenvalue weighted by molar-refractivity contribution is 6.30. The number of para-hydroxylation sites is 1. The molecular weight excluding hydrogens is 412 g/mol. The maximum Gasteiger partial charge on any atom is 0.269 e. The van der Waals surface area contributed by atoms with E-state index in [0.717, 1.165) is 16.8 Å². The van der Waals surface area contributed by atoms with E-state index in [1.54, 1.807) is 0 Å². The number of nitro groups is 1. The first-order valence-electron chi connectivity index (χ1n) is 10.1. The maximum atomic E-state index is 13.6. The number of amides is 1. The highest BCUT2D eigenvalue weighted by atomic mass is 35.5. The van der Waals surface area contributed by atoms with Crippen molar-refractivity contribution >= 4 is 28.9 Å². The first-order valence-corrected chi connectivity index (χ1v) is 10.5. The highest BCUT2D eigenvalue weighted by Gasteiger charge is 2.47. The summed E-state index contributed by atoms with van der Waals surface area (Å²) in [5.74, 6) is -0.175. The van der Waals surface area contributed by atoms with Crippen LogP contribution in [0.4, 0.5) is 11.4 Å². The summed E-state index contributed by atoms with van der Waals surface area (Å²) in [6.45, 7) is 6.31. The Balaban J connectivity index is 1.83. The molecule has 3 aromatic rings. The Labute approximate surface area is 186 Å². The number of nitrogens with zero attached hydrogens (tertiary/aromatic N) is 2. The number of rotatable bonds is 3. The summed E-state index contributed by atoms with van der Waals surface area (Å²) in [6.07, 6.45) is 0.706. The summed E-state index contributed by atoms with van der Waals surface area (Å²) in [6, 6.07) is 21.6. The van der Waals surface area contributed by atoms with Crippen molar-refractivity contribution < 1.29 is 9.72 Å². The van der Waals surface area contributed by atoms with Gasteiger partial charge in [0.05, 0.1) is 4.92 Å². The second kappa shape index (κ2) is 7.50. The lowest BCUT2D eigenvalue weighted by molar-refractivity contribution is -0.384. The number of nitro benzene ring substituents is 1. The smallest absolute Gasteiger partial charge is 0.269 e. The van der Waals surface area contributed by atoms with E-state index in [0.29, 0.717) is 17.0 Å². The fraction of sp³-hybridized carbons (Fsp3) is 0.240. The van der Waals surface area contributed by atoms with Crippen molar-refractivity contribution in [2.45, 2.75) is 38.1 Å². The summed E-state index contributed by atoms with van der Waals surface area (Å²) in [5, 5.41) is 11.7. The molecule has 6 heteroatoms. The van der Waals surface area contributed by atoms with E-state index in [-0.39, 0.29) is 17.0 Å².